The maximum absolute atomic E-state index is 12.1. The number of anilines is 2. The smallest absolute Gasteiger partial charge is 0.307 e. The first-order chi connectivity index (χ1) is 13.3. The summed E-state index contributed by atoms with van der Waals surface area (Å²) in [6, 6.07) is 8.77. The molecule has 0 saturated carbocycles. The van der Waals surface area contributed by atoms with Crippen LogP contribution in [0.2, 0.25) is 10.0 Å². The highest BCUT2D eigenvalue weighted by Gasteiger charge is 2.29. The van der Waals surface area contributed by atoms with Gasteiger partial charge in [0, 0.05) is 4.90 Å². The minimum Gasteiger partial charge on any atom is -0.456 e. The van der Waals surface area contributed by atoms with Crippen LogP contribution in [0.4, 0.5) is 11.5 Å². The van der Waals surface area contributed by atoms with Crippen molar-refractivity contribution in [2.24, 2.45) is 0 Å². The summed E-state index contributed by atoms with van der Waals surface area (Å²) in [7, 11) is 0. The highest BCUT2D eigenvalue weighted by atomic mass is 35.5. The zero-order valence-electron chi connectivity index (χ0n) is 14.6. The first kappa shape index (κ1) is 20.4. The Morgan fingerprint density at radius 3 is 2.82 bits per heavy atom. The molecule has 0 bridgehead atoms. The lowest BCUT2D eigenvalue weighted by Gasteiger charge is -2.23. The molecule has 0 fully saturated rings. The van der Waals surface area contributed by atoms with E-state index in [0.717, 1.165) is 4.90 Å². The highest BCUT2D eigenvalue weighted by Crippen LogP contribution is 2.36. The third-order valence-electron chi connectivity index (χ3n) is 3.79. The van der Waals surface area contributed by atoms with E-state index in [1.165, 1.54) is 17.8 Å². The van der Waals surface area contributed by atoms with Gasteiger partial charge in [0.1, 0.15) is 0 Å². The molecule has 0 aliphatic carbocycles. The van der Waals surface area contributed by atoms with Crippen molar-refractivity contribution in [2.45, 2.75) is 23.5 Å². The van der Waals surface area contributed by atoms with Gasteiger partial charge in [-0.05, 0) is 25.1 Å². The number of carbonyl (C=O) groups excluding carboxylic acids is 3. The molecule has 0 unspecified atom stereocenters. The van der Waals surface area contributed by atoms with Gasteiger partial charge in [-0.3, -0.25) is 14.4 Å². The van der Waals surface area contributed by atoms with Gasteiger partial charge in [-0.2, -0.15) is 0 Å². The summed E-state index contributed by atoms with van der Waals surface area (Å²) in [5.41, 5.74) is 1.21. The van der Waals surface area contributed by atoms with E-state index in [0.29, 0.717) is 16.4 Å². The van der Waals surface area contributed by atoms with Gasteiger partial charge < -0.3 is 15.4 Å². The van der Waals surface area contributed by atoms with E-state index >= 15 is 0 Å². The Hall–Kier alpha value is -2.29. The molecule has 10 heteroatoms. The number of nitrogens with one attached hydrogen (secondary N) is 2. The van der Waals surface area contributed by atoms with Gasteiger partial charge in [-0.15, -0.1) is 11.8 Å². The molecule has 2 N–H and O–H groups in total. The Bertz CT molecular complexity index is 954. The Morgan fingerprint density at radius 2 is 2.04 bits per heavy atom. The van der Waals surface area contributed by atoms with Gasteiger partial charge in [0.2, 0.25) is 5.91 Å². The summed E-state index contributed by atoms with van der Waals surface area (Å²) in [5, 5.41) is 5.13. The number of halogens is 2. The number of para-hydroxylation sites is 1. The van der Waals surface area contributed by atoms with E-state index in [1.54, 1.807) is 13.0 Å². The number of amides is 2. The summed E-state index contributed by atoms with van der Waals surface area (Å²) >= 11 is 13.2. The lowest BCUT2D eigenvalue weighted by atomic mass is 10.2. The first-order valence-electron chi connectivity index (χ1n) is 8.18. The second kappa shape index (κ2) is 8.81. The van der Waals surface area contributed by atoms with Crippen LogP contribution in [0.5, 0.6) is 0 Å². The molecule has 0 saturated heterocycles. The van der Waals surface area contributed by atoms with Crippen LogP contribution >= 0.6 is 35.0 Å². The van der Waals surface area contributed by atoms with Crippen LogP contribution in [-0.2, 0) is 19.1 Å². The molecular weight excluding hydrogens is 425 g/mol. The third-order valence-corrected chi connectivity index (χ3v) is 5.73. The molecule has 2 amide bonds. The fourth-order valence-corrected chi connectivity index (χ4v) is 3.90. The number of benzene rings is 1. The fourth-order valence-electron chi connectivity index (χ4n) is 2.40. The van der Waals surface area contributed by atoms with E-state index in [4.69, 9.17) is 27.9 Å². The predicted molar refractivity (Wildman–Crippen MR) is 108 cm³/mol. The average molecular weight is 440 g/mol. The van der Waals surface area contributed by atoms with Crippen LogP contribution in [0, 0.1) is 6.92 Å². The van der Waals surface area contributed by atoms with Gasteiger partial charge in [0.25, 0.3) is 5.91 Å². The van der Waals surface area contributed by atoms with Crippen LogP contribution in [0.3, 0.4) is 0 Å². The molecule has 1 aliphatic rings. The zero-order valence-corrected chi connectivity index (χ0v) is 17.0. The number of thioether (sulfide) groups is 1. The van der Waals surface area contributed by atoms with Gasteiger partial charge in [0.05, 0.1) is 33.1 Å². The minimum absolute atomic E-state index is 0.128. The Kier molecular flexibility index (Phi) is 6.43. The number of pyridine rings is 1. The van der Waals surface area contributed by atoms with Gasteiger partial charge in [-0.1, -0.05) is 35.3 Å². The van der Waals surface area contributed by atoms with Gasteiger partial charge >= 0.3 is 5.97 Å². The standard InChI is InChI=1S/C18H15Cl2N3O4S/c1-9-10(19)6-11(20)17(21-9)23-15(24)8-27-16(25)7-14-18(26)22-12-4-2-3-5-13(12)28-14/h2-6,14H,7-8H2,1H3,(H,22,26)(H,21,23,24)/t14-/m0/s1. The maximum Gasteiger partial charge on any atom is 0.307 e. The molecule has 3 rings (SSSR count). The molecule has 1 atom stereocenters. The zero-order chi connectivity index (χ0) is 20.3. The molecule has 0 radical (unpaired) electrons. The number of hydrogen-bond donors (Lipinski definition) is 2. The van der Waals surface area contributed by atoms with E-state index in [-0.39, 0.29) is 23.2 Å². The normalized spacial score (nSPS) is 15.4. The molecule has 2 heterocycles. The molecule has 7 nitrogen and oxygen atoms in total. The SMILES string of the molecule is Cc1nc(NC(=O)COC(=O)C[C@@H]2Sc3ccccc3NC2=O)c(Cl)cc1Cl. The molecule has 2 aromatic rings. The molecule has 1 aromatic heterocycles. The van der Waals surface area contributed by atoms with Crippen molar-refractivity contribution < 1.29 is 19.1 Å². The topological polar surface area (TPSA) is 97.4 Å². The highest BCUT2D eigenvalue weighted by molar-refractivity contribution is 8.01. The number of carbonyl (C=O) groups is 3. The maximum atomic E-state index is 12.1. The van der Waals surface area contributed by atoms with E-state index in [2.05, 4.69) is 15.6 Å². The Balaban J connectivity index is 1.51. The lowest BCUT2D eigenvalue weighted by molar-refractivity contribution is -0.147. The van der Waals surface area contributed by atoms with Crippen molar-refractivity contribution >= 4 is 64.3 Å². The molecule has 0 spiro atoms. The second-order valence-electron chi connectivity index (χ2n) is 5.89. The van der Waals surface area contributed by atoms with E-state index < -0.39 is 23.7 Å². The van der Waals surface area contributed by atoms with E-state index in [1.807, 2.05) is 18.2 Å². The number of rotatable bonds is 5. The number of esters is 1. The molecule has 28 heavy (non-hydrogen) atoms. The fraction of sp³-hybridized carbons (Fsp3) is 0.222. The van der Waals surface area contributed by atoms with Crippen LogP contribution in [0.25, 0.3) is 0 Å². The Labute approximate surface area is 175 Å². The molecular formula is C18H15Cl2N3O4S. The summed E-state index contributed by atoms with van der Waals surface area (Å²) in [6.07, 6.45) is -0.156. The monoisotopic (exact) mass is 439 g/mol. The third kappa shape index (κ3) is 4.95. The minimum atomic E-state index is -0.659. The Morgan fingerprint density at radius 1 is 1.29 bits per heavy atom. The predicted octanol–water partition coefficient (Wildman–Crippen LogP) is 3.68. The van der Waals surface area contributed by atoms with E-state index in [9.17, 15) is 14.4 Å². The van der Waals surface area contributed by atoms with Crippen molar-refractivity contribution in [3.8, 4) is 0 Å². The van der Waals surface area contributed by atoms with Crippen molar-refractivity contribution in [3.05, 3.63) is 46.1 Å². The summed E-state index contributed by atoms with van der Waals surface area (Å²) < 4.78 is 4.97. The van der Waals surface area contributed by atoms with Crippen LogP contribution in [0.1, 0.15) is 12.1 Å². The first-order valence-corrected chi connectivity index (χ1v) is 9.81. The number of hydrogen-bond acceptors (Lipinski definition) is 6. The average Bonchev–Trinajstić information content (AvgIpc) is 2.65. The van der Waals surface area contributed by atoms with Gasteiger partial charge in [-0.25, -0.2) is 4.98 Å². The molecule has 146 valence electrons. The van der Waals surface area contributed by atoms with Crippen molar-refractivity contribution in [1.82, 2.24) is 4.98 Å². The van der Waals surface area contributed by atoms with Crippen LogP contribution < -0.4 is 10.6 Å². The molecule has 1 aromatic carbocycles. The molecule has 1 aliphatic heterocycles. The summed E-state index contributed by atoms with van der Waals surface area (Å²) in [4.78, 5) is 41.1. The summed E-state index contributed by atoms with van der Waals surface area (Å²) in [5.74, 6) is -1.41. The summed E-state index contributed by atoms with van der Waals surface area (Å²) in [6.45, 7) is 1.15. The number of ether oxygens (including phenoxy) is 1. The number of fused-ring (bicyclic) bond motifs is 1. The van der Waals surface area contributed by atoms with Crippen molar-refractivity contribution in [1.29, 1.82) is 0 Å². The second-order valence-corrected chi connectivity index (χ2v) is 7.95. The van der Waals surface area contributed by atoms with Crippen molar-refractivity contribution in [3.63, 3.8) is 0 Å². The van der Waals surface area contributed by atoms with Crippen LogP contribution in [-0.4, -0.2) is 34.6 Å². The van der Waals surface area contributed by atoms with Crippen LogP contribution in [0.15, 0.2) is 35.2 Å². The lowest BCUT2D eigenvalue weighted by Crippen LogP contribution is -2.32. The number of nitrogens with zero attached hydrogens (tertiary/aromatic N) is 1. The van der Waals surface area contributed by atoms with Gasteiger partial charge in [0.15, 0.2) is 12.4 Å². The number of aryl methyl sites for hydroxylation is 1. The quantitative estimate of drug-likeness (QED) is 0.689. The van der Waals surface area contributed by atoms with Crippen molar-refractivity contribution in [2.75, 3.05) is 17.2 Å². The number of aromatic nitrogens is 1. The largest absolute Gasteiger partial charge is 0.456 e.